The summed E-state index contributed by atoms with van der Waals surface area (Å²) < 4.78 is 40.2. The van der Waals surface area contributed by atoms with Crippen molar-refractivity contribution < 1.29 is 27.5 Å². The van der Waals surface area contributed by atoms with Gasteiger partial charge in [0, 0.05) is 18.5 Å². The summed E-state index contributed by atoms with van der Waals surface area (Å²) in [6.45, 7) is 6.97. The minimum atomic E-state index is -4.21. The molecule has 4 aromatic carbocycles. The number of ether oxygens (including phenoxy) is 2. The molecule has 0 unspecified atom stereocenters. The van der Waals surface area contributed by atoms with E-state index < -0.39 is 34.1 Å². The molecule has 0 aliphatic carbocycles. The van der Waals surface area contributed by atoms with Gasteiger partial charge in [-0.05, 0) is 87.4 Å². The molecular formula is C37H43N3O6S. The number of amides is 2. The Labute approximate surface area is 278 Å². The average Bonchev–Trinajstić information content (AvgIpc) is 3.05. The maximum atomic E-state index is 14.6. The largest absolute Gasteiger partial charge is 0.497 e. The van der Waals surface area contributed by atoms with Crippen molar-refractivity contribution in [3.05, 3.63) is 120 Å². The third-order valence-corrected chi connectivity index (χ3v) is 9.29. The molecular weight excluding hydrogens is 614 g/mol. The number of anilines is 1. The van der Waals surface area contributed by atoms with Crippen LogP contribution in [0.3, 0.4) is 0 Å². The summed E-state index contributed by atoms with van der Waals surface area (Å²) in [5.74, 6) is 0.226. The zero-order chi connectivity index (χ0) is 34.2. The summed E-state index contributed by atoms with van der Waals surface area (Å²) in [7, 11) is -1.14. The molecule has 0 saturated heterocycles. The van der Waals surface area contributed by atoms with Gasteiger partial charge in [-0.3, -0.25) is 13.9 Å². The Bertz CT molecular complexity index is 1750. The SMILES string of the molecule is COc1ccc(N(CC(=O)N(Cc2cccc(OC)c2)[C@@H](Cc2ccccc2)C(=O)NC(C)(C)C)S(=O)(=O)c2ccc(C)cc2)cc1. The standard InChI is InChI=1S/C37H43N3O6S/c1-27-15-21-33(22-16-27)47(43,44)40(30-17-19-31(45-5)20-18-30)26-35(41)39(25-29-13-10-14-32(23-29)46-6)34(36(42)38-37(2,3)4)24-28-11-8-7-9-12-28/h7-23,34H,24-26H2,1-6H3,(H,38,42)/t34-/m0/s1. The number of carbonyl (C=O) groups is 2. The molecule has 0 fully saturated rings. The summed E-state index contributed by atoms with van der Waals surface area (Å²) in [6, 6.07) is 28.7. The van der Waals surface area contributed by atoms with Crippen molar-refractivity contribution in [3.63, 3.8) is 0 Å². The molecule has 4 aromatic rings. The summed E-state index contributed by atoms with van der Waals surface area (Å²) in [5, 5.41) is 3.04. The fourth-order valence-electron chi connectivity index (χ4n) is 5.09. The zero-order valence-electron chi connectivity index (χ0n) is 27.8. The molecule has 0 aliphatic heterocycles. The van der Waals surface area contributed by atoms with Crippen molar-refractivity contribution in [2.75, 3.05) is 25.1 Å². The number of aryl methyl sites for hydroxylation is 1. The molecule has 1 N–H and O–H groups in total. The topological polar surface area (TPSA) is 105 Å². The lowest BCUT2D eigenvalue weighted by molar-refractivity contribution is -0.140. The van der Waals surface area contributed by atoms with E-state index >= 15 is 0 Å². The van der Waals surface area contributed by atoms with Crippen LogP contribution in [0.5, 0.6) is 11.5 Å². The molecule has 4 rings (SSSR count). The number of hydrogen-bond donors (Lipinski definition) is 1. The van der Waals surface area contributed by atoms with Crippen LogP contribution in [0.15, 0.2) is 108 Å². The highest BCUT2D eigenvalue weighted by Gasteiger charge is 2.35. The molecule has 248 valence electrons. The summed E-state index contributed by atoms with van der Waals surface area (Å²) in [4.78, 5) is 30.2. The number of nitrogens with zero attached hydrogens (tertiary/aromatic N) is 2. The van der Waals surface area contributed by atoms with Crippen LogP contribution in [0, 0.1) is 6.92 Å². The lowest BCUT2D eigenvalue weighted by Gasteiger charge is -2.35. The van der Waals surface area contributed by atoms with Gasteiger partial charge in [-0.1, -0.05) is 60.2 Å². The maximum Gasteiger partial charge on any atom is 0.264 e. The van der Waals surface area contributed by atoms with E-state index in [1.165, 1.54) is 24.1 Å². The molecule has 0 saturated carbocycles. The van der Waals surface area contributed by atoms with Crippen LogP contribution in [0.2, 0.25) is 0 Å². The monoisotopic (exact) mass is 657 g/mol. The first-order chi connectivity index (χ1) is 22.3. The molecule has 0 heterocycles. The zero-order valence-corrected chi connectivity index (χ0v) is 28.6. The number of methoxy groups -OCH3 is 2. The Morgan fingerprint density at radius 3 is 2.00 bits per heavy atom. The Morgan fingerprint density at radius 2 is 1.40 bits per heavy atom. The normalized spacial score (nSPS) is 12.1. The van der Waals surface area contributed by atoms with Gasteiger partial charge in [-0.2, -0.15) is 0 Å². The smallest absolute Gasteiger partial charge is 0.264 e. The van der Waals surface area contributed by atoms with Crippen molar-refractivity contribution in [2.45, 2.75) is 57.1 Å². The van der Waals surface area contributed by atoms with Gasteiger partial charge in [-0.25, -0.2) is 8.42 Å². The Kier molecular flexibility index (Phi) is 11.3. The van der Waals surface area contributed by atoms with Crippen LogP contribution in [0.4, 0.5) is 5.69 Å². The second-order valence-electron chi connectivity index (χ2n) is 12.3. The third-order valence-electron chi connectivity index (χ3n) is 7.50. The number of rotatable bonds is 13. The van der Waals surface area contributed by atoms with Crippen LogP contribution in [-0.2, 0) is 32.6 Å². The molecule has 0 aliphatic rings. The Morgan fingerprint density at radius 1 is 0.787 bits per heavy atom. The van der Waals surface area contributed by atoms with Gasteiger partial charge in [0.2, 0.25) is 11.8 Å². The van der Waals surface area contributed by atoms with Gasteiger partial charge in [-0.15, -0.1) is 0 Å². The van der Waals surface area contributed by atoms with E-state index in [2.05, 4.69) is 5.32 Å². The summed E-state index contributed by atoms with van der Waals surface area (Å²) >= 11 is 0. The van der Waals surface area contributed by atoms with Crippen molar-refractivity contribution >= 4 is 27.5 Å². The Hall–Kier alpha value is -4.83. The fourth-order valence-corrected chi connectivity index (χ4v) is 6.50. The highest BCUT2D eigenvalue weighted by molar-refractivity contribution is 7.92. The predicted octanol–water partition coefficient (Wildman–Crippen LogP) is 5.76. The molecule has 0 spiro atoms. The van der Waals surface area contributed by atoms with E-state index in [0.717, 1.165) is 21.0 Å². The first-order valence-corrected chi connectivity index (χ1v) is 16.8. The van der Waals surface area contributed by atoms with Gasteiger partial charge < -0.3 is 19.7 Å². The molecule has 1 atom stereocenters. The highest BCUT2D eigenvalue weighted by Crippen LogP contribution is 2.27. The minimum absolute atomic E-state index is 0.0339. The lowest BCUT2D eigenvalue weighted by atomic mass is 10.0. The maximum absolute atomic E-state index is 14.6. The van der Waals surface area contributed by atoms with E-state index in [1.54, 1.807) is 55.6 Å². The quantitative estimate of drug-likeness (QED) is 0.196. The van der Waals surface area contributed by atoms with Crippen LogP contribution in [0.25, 0.3) is 0 Å². The molecule has 2 amide bonds. The van der Waals surface area contributed by atoms with Gasteiger partial charge in [0.05, 0.1) is 24.8 Å². The van der Waals surface area contributed by atoms with Crippen molar-refractivity contribution in [1.29, 1.82) is 0 Å². The van der Waals surface area contributed by atoms with Gasteiger partial charge in [0.1, 0.15) is 24.1 Å². The van der Waals surface area contributed by atoms with Gasteiger partial charge in [0.25, 0.3) is 10.0 Å². The van der Waals surface area contributed by atoms with E-state index in [4.69, 9.17) is 9.47 Å². The van der Waals surface area contributed by atoms with E-state index in [0.29, 0.717) is 11.5 Å². The number of nitrogens with one attached hydrogen (secondary N) is 1. The van der Waals surface area contributed by atoms with Crippen molar-refractivity contribution in [3.8, 4) is 11.5 Å². The van der Waals surface area contributed by atoms with E-state index in [1.807, 2.05) is 70.2 Å². The minimum Gasteiger partial charge on any atom is -0.497 e. The summed E-state index contributed by atoms with van der Waals surface area (Å²) in [5.41, 5.74) is 2.16. The van der Waals surface area contributed by atoms with E-state index in [-0.39, 0.29) is 29.5 Å². The molecule has 47 heavy (non-hydrogen) atoms. The fraction of sp³-hybridized carbons (Fsp3) is 0.297. The first-order valence-electron chi connectivity index (χ1n) is 15.3. The Balaban J connectivity index is 1.83. The molecule has 0 aromatic heterocycles. The summed E-state index contributed by atoms with van der Waals surface area (Å²) in [6.07, 6.45) is 0.214. The molecule has 10 heteroatoms. The van der Waals surface area contributed by atoms with Crippen LogP contribution in [-0.4, -0.2) is 57.5 Å². The van der Waals surface area contributed by atoms with Gasteiger partial charge in [0.15, 0.2) is 0 Å². The van der Waals surface area contributed by atoms with Crippen LogP contribution in [0.1, 0.15) is 37.5 Å². The number of hydrogen-bond acceptors (Lipinski definition) is 6. The van der Waals surface area contributed by atoms with E-state index in [9.17, 15) is 18.0 Å². The second-order valence-corrected chi connectivity index (χ2v) is 14.2. The number of benzene rings is 4. The molecule has 9 nitrogen and oxygen atoms in total. The first kappa shape index (κ1) is 35.0. The average molecular weight is 658 g/mol. The lowest BCUT2D eigenvalue weighted by Crippen LogP contribution is -2.56. The second kappa shape index (κ2) is 15.2. The predicted molar refractivity (Wildman–Crippen MR) is 184 cm³/mol. The van der Waals surface area contributed by atoms with Crippen LogP contribution < -0.4 is 19.1 Å². The highest BCUT2D eigenvalue weighted by atomic mass is 32.2. The van der Waals surface area contributed by atoms with Crippen molar-refractivity contribution in [1.82, 2.24) is 10.2 Å². The van der Waals surface area contributed by atoms with Crippen LogP contribution >= 0.6 is 0 Å². The number of sulfonamides is 1. The van der Waals surface area contributed by atoms with Crippen molar-refractivity contribution in [2.24, 2.45) is 0 Å². The molecule has 0 radical (unpaired) electrons. The third kappa shape index (κ3) is 9.36. The number of carbonyl (C=O) groups excluding carboxylic acids is 2. The van der Waals surface area contributed by atoms with Gasteiger partial charge >= 0.3 is 0 Å². The molecule has 0 bridgehead atoms.